The number of rotatable bonds is 49. The largest absolute Gasteiger partial charge is 0.462 e. The van der Waals surface area contributed by atoms with E-state index in [1.807, 2.05) is 0 Å². The molecule has 0 aromatic heterocycles. The average molecular weight is 931 g/mol. The smallest absolute Gasteiger partial charge is 0.306 e. The molecule has 1 atom stereocenters. The molecule has 0 aliphatic heterocycles. The van der Waals surface area contributed by atoms with Crippen LogP contribution in [0.15, 0.2) is 97.2 Å². The van der Waals surface area contributed by atoms with Crippen molar-refractivity contribution < 1.29 is 28.6 Å². The third-order valence-electron chi connectivity index (χ3n) is 11.5. The number of ether oxygens (including phenoxy) is 3. The molecule has 0 rings (SSSR count). The average Bonchev–Trinajstić information content (AvgIpc) is 3.33. The fraction of sp³-hybridized carbons (Fsp3) is 0.689. The topological polar surface area (TPSA) is 78.9 Å². The standard InChI is InChI=1S/C61H102O6/c1-4-7-10-13-16-19-22-25-28-30-33-36-39-42-45-48-51-54-60(63)66-57-58(56-65-59(62)53-50-47-44-41-38-35-32-27-24-21-18-15-12-9-6-3)67-61(64)55-52-49-46-43-40-37-34-31-29-26-23-20-17-14-11-8-5-2/h9,12,16,18-19,21,25-29,32,34,37,43,46,58H,4-8,10-11,13-15,17,20,22-24,30-31,33,35-36,38-42,44-45,47-57H2,1-3H3/b12-9-,19-16-,21-18-,28-25-,29-26-,32-27-,37-34-,46-43-/t58-/m1/s1. The van der Waals surface area contributed by atoms with Crippen molar-refractivity contribution in [1.82, 2.24) is 0 Å². The number of hydrogen-bond acceptors (Lipinski definition) is 6. The predicted octanol–water partition coefficient (Wildman–Crippen LogP) is 18.5. The number of esters is 3. The van der Waals surface area contributed by atoms with E-state index in [-0.39, 0.29) is 37.5 Å². The maximum atomic E-state index is 12.8. The lowest BCUT2D eigenvalue weighted by Crippen LogP contribution is -2.30. The normalized spacial score (nSPS) is 12.8. The summed E-state index contributed by atoms with van der Waals surface area (Å²) < 4.78 is 16.8. The van der Waals surface area contributed by atoms with E-state index in [1.54, 1.807) is 0 Å². The summed E-state index contributed by atoms with van der Waals surface area (Å²) in [6, 6.07) is 0. The van der Waals surface area contributed by atoms with Crippen LogP contribution in [-0.2, 0) is 28.6 Å². The van der Waals surface area contributed by atoms with Crippen LogP contribution in [0.2, 0.25) is 0 Å². The highest BCUT2D eigenvalue weighted by Gasteiger charge is 2.19. The zero-order valence-electron chi connectivity index (χ0n) is 43.6. The summed E-state index contributed by atoms with van der Waals surface area (Å²) in [4.78, 5) is 38.1. The molecule has 0 bridgehead atoms. The van der Waals surface area contributed by atoms with Gasteiger partial charge in [0.2, 0.25) is 0 Å². The van der Waals surface area contributed by atoms with Gasteiger partial charge in [-0.25, -0.2) is 0 Å². The van der Waals surface area contributed by atoms with Gasteiger partial charge in [-0.2, -0.15) is 0 Å². The van der Waals surface area contributed by atoms with E-state index in [0.29, 0.717) is 19.3 Å². The minimum absolute atomic E-state index is 0.108. The van der Waals surface area contributed by atoms with E-state index in [9.17, 15) is 14.4 Å². The minimum atomic E-state index is -0.816. The summed E-state index contributed by atoms with van der Waals surface area (Å²) in [6.45, 7) is 6.43. The van der Waals surface area contributed by atoms with Gasteiger partial charge in [0.25, 0.3) is 0 Å². The monoisotopic (exact) mass is 931 g/mol. The lowest BCUT2D eigenvalue weighted by atomic mass is 10.1. The second-order valence-corrected chi connectivity index (χ2v) is 18.1. The summed E-state index contributed by atoms with van der Waals surface area (Å²) in [5.74, 6) is -0.985. The highest BCUT2D eigenvalue weighted by molar-refractivity contribution is 5.71. The second-order valence-electron chi connectivity index (χ2n) is 18.1. The van der Waals surface area contributed by atoms with Crippen LogP contribution in [0.4, 0.5) is 0 Å². The zero-order valence-corrected chi connectivity index (χ0v) is 43.6. The number of carbonyl (C=O) groups is 3. The van der Waals surface area contributed by atoms with Gasteiger partial charge < -0.3 is 14.2 Å². The summed E-state index contributed by atoms with van der Waals surface area (Å²) in [5, 5.41) is 0. The van der Waals surface area contributed by atoms with Crippen LogP contribution in [-0.4, -0.2) is 37.2 Å². The number of hydrogen-bond donors (Lipinski definition) is 0. The van der Waals surface area contributed by atoms with Crippen molar-refractivity contribution in [2.75, 3.05) is 13.2 Å². The highest BCUT2D eigenvalue weighted by Crippen LogP contribution is 2.13. The van der Waals surface area contributed by atoms with E-state index < -0.39 is 6.10 Å². The molecule has 0 spiro atoms. The lowest BCUT2D eigenvalue weighted by Gasteiger charge is -2.18. The molecule has 0 aliphatic rings. The van der Waals surface area contributed by atoms with Crippen LogP contribution in [0.25, 0.3) is 0 Å². The molecule has 0 saturated heterocycles. The van der Waals surface area contributed by atoms with Gasteiger partial charge >= 0.3 is 17.9 Å². The van der Waals surface area contributed by atoms with E-state index in [4.69, 9.17) is 14.2 Å². The van der Waals surface area contributed by atoms with Crippen molar-refractivity contribution in [2.45, 2.75) is 258 Å². The molecule has 0 heterocycles. The molecule has 382 valence electrons. The van der Waals surface area contributed by atoms with E-state index >= 15 is 0 Å². The summed E-state index contributed by atoms with van der Waals surface area (Å²) in [7, 11) is 0. The first-order valence-corrected chi connectivity index (χ1v) is 27.7. The van der Waals surface area contributed by atoms with Crippen LogP contribution in [0.3, 0.4) is 0 Å². The van der Waals surface area contributed by atoms with Crippen molar-refractivity contribution in [3.05, 3.63) is 97.2 Å². The first kappa shape index (κ1) is 63.3. The van der Waals surface area contributed by atoms with E-state index in [1.165, 1.54) is 96.3 Å². The Balaban J connectivity index is 4.51. The Labute approximate surface area is 413 Å². The molecule has 6 heteroatoms. The number of allylic oxidation sites excluding steroid dienone is 16. The predicted molar refractivity (Wildman–Crippen MR) is 288 cm³/mol. The second kappa shape index (κ2) is 54.9. The Hall–Kier alpha value is -3.67. The number of carbonyl (C=O) groups excluding carboxylic acids is 3. The van der Waals surface area contributed by atoms with Crippen LogP contribution in [0, 0.1) is 0 Å². The third-order valence-corrected chi connectivity index (χ3v) is 11.5. The van der Waals surface area contributed by atoms with Gasteiger partial charge in [-0.05, 0) is 116 Å². The first-order valence-electron chi connectivity index (χ1n) is 27.7. The Morgan fingerprint density at radius 3 is 0.985 bits per heavy atom. The Morgan fingerprint density at radius 1 is 0.313 bits per heavy atom. The van der Waals surface area contributed by atoms with E-state index in [2.05, 4.69) is 118 Å². The van der Waals surface area contributed by atoms with Gasteiger partial charge in [0.15, 0.2) is 6.10 Å². The van der Waals surface area contributed by atoms with Gasteiger partial charge in [-0.1, -0.05) is 214 Å². The lowest BCUT2D eigenvalue weighted by molar-refractivity contribution is -0.167. The molecule has 0 radical (unpaired) electrons. The highest BCUT2D eigenvalue weighted by atomic mass is 16.6. The molecule has 6 nitrogen and oxygen atoms in total. The Morgan fingerprint density at radius 2 is 0.597 bits per heavy atom. The molecule has 0 saturated carbocycles. The maximum absolute atomic E-state index is 12.8. The molecule has 0 fully saturated rings. The molecular weight excluding hydrogens is 829 g/mol. The first-order chi connectivity index (χ1) is 33.0. The van der Waals surface area contributed by atoms with Gasteiger partial charge in [0.1, 0.15) is 13.2 Å². The molecule has 0 aliphatic carbocycles. The van der Waals surface area contributed by atoms with Crippen molar-refractivity contribution >= 4 is 17.9 Å². The van der Waals surface area contributed by atoms with Crippen LogP contribution >= 0.6 is 0 Å². The SMILES string of the molecule is CC/C=C\C/C=C\C/C=C\CCCCCCCC(=O)OC[C@H](COC(=O)CCCCCCCCC/C=C\C/C=C\CCCCC)OC(=O)CCC/C=C\C/C=C\C/C=C\CCCCCCCC. The third kappa shape index (κ3) is 53.2. The molecule has 0 aromatic rings. The maximum Gasteiger partial charge on any atom is 0.306 e. The molecule has 0 N–H and O–H groups in total. The number of unbranched alkanes of at least 4 members (excludes halogenated alkanes) is 22. The summed E-state index contributed by atoms with van der Waals surface area (Å²) in [6.07, 6.45) is 72.5. The van der Waals surface area contributed by atoms with Gasteiger partial charge in [0, 0.05) is 19.3 Å². The molecular formula is C61H102O6. The van der Waals surface area contributed by atoms with Crippen LogP contribution < -0.4 is 0 Å². The van der Waals surface area contributed by atoms with Crippen molar-refractivity contribution in [2.24, 2.45) is 0 Å². The summed E-state index contributed by atoms with van der Waals surface area (Å²) >= 11 is 0. The fourth-order valence-electron chi connectivity index (χ4n) is 7.38. The van der Waals surface area contributed by atoms with Gasteiger partial charge in [-0.15, -0.1) is 0 Å². The fourth-order valence-corrected chi connectivity index (χ4v) is 7.38. The molecule has 0 aromatic carbocycles. The van der Waals surface area contributed by atoms with E-state index in [0.717, 1.165) is 109 Å². The Kier molecular flexibility index (Phi) is 51.9. The molecule has 67 heavy (non-hydrogen) atoms. The quantitative estimate of drug-likeness (QED) is 0.0262. The molecule has 0 amide bonds. The van der Waals surface area contributed by atoms with Crippen molar-refractivity contribution in [3.63, 3.8) is 0 Å². The minimum Gasteiger partial charge on any atom is -0.462 e. The van der Waals surface area contributed by atoms with Crippen molar-refractivity contribution in [1.29, 1.82) is 0 Å². The van der Waals surface area contributed by atoms with Gasteiger partial charge in [-0.3, -0.25) is 14.4 Å². The van der Waals surface area contributed by atoms with Crippen LogP contribution in [0.5, 0.6) is 0 Å². The van der Waals surface area contributed by atoms with Gasteiger partial charge in [0.05, 0.1) is 0 Å². The molecule has 0 unspecified atom stereocenters. The zero-order chi connectivity index (χ0) is 48.6. The Bertz CT molecular complexity index is 1350. The summed E-state index contributed by atoms with van der Waals surface area (Å²) in [5.41, 5.74) is 0. The van der Waals surface area contributed by atoms with Crippen molar-refractivity contribution in [3.8, 4) is 0 Å². The van der Waals surface area contributed by atoms with Crippen LogP contribution in [0.1, 0.15) is 252 Å².